The molecule has 0 saturated carbocycles. The Hall–Kier alpha value is -0.600. The molecule has 1 N–H and O–H groups in total. The molecular formula is C12H11BrCl2N2O3S. The first-order valence-corrected chi connectivity index (χ1v) is 8.81. The summed E-state index contributed by atoms with van der Waals surface area (Å²) in [5.41, 5.74) is 1.31. The summed E-state index contributed by atoms with van der Waals surface area (Å²) in [5, 5.41) is 3.85. The van der Waals surface area contributed by atoms with E-state index in [-0.39, 0.29) is 21.5 Å². The van der Waals surface area contributed by atoms with Crippen molar-refractivity contribution < 1.29 is 12.9 Å². The van der Waals surface area contributed by atoms with Gasteiger partial charge in [0.25, 0.3) is 0 Å². The average Bonchev–Trinajstić information content (AvgIpc) is 2.65. The molecule has 0 unspecified atom stereocenters. The van der Waals surface area contributed by atoms with Gasteiger partial charge >= 0.3 is 0 Å². The Balaban J connectivity index is 2.32. The van der Waals surface area contributed by atoms with E-state index in [0.29, 0.717) is 21.5 Å². The van der Waals surface area contributed by atoms with Crippen molar-refractivity contribution in [2.45, 2.75) is 25.3 Å². The first-order valence-electron chi connectivity index (χ1n) is 5.78. The van der Waals surface area contributed by atoms with Gasteiger partial charge in [0.05, 0.1) is 15.7 Å². The number of sulfonamides is 1. The summed E-state index contributed by atoms with van der Waals surface area (Å²) in [6.45, 7) is 3.50. The number of aryl methyl sites for hydroxylation is 2. The molecule has 0 radical (unpaired) electrons. The maximum atomic E-state index is 12.4. The number of aromatic nitrogens is 1. The average molecular weight is 414 g/mol. The van der Waals surface area contributed by atoms with E-state index >= 15 is 0 Å². The normalized spacial score (nSPS) is 11.9. The second-order valence-corrected chi connectivity index (χ2v) is 7.76. The van der Waals surface area contributed by atoms with Crippen LogP contribution in [0.25, 0.3) is 0 Å². The summed E-state index contributed by atoms with van der Waals surface area (Å²) < 4.78 is 32.7. The Morgan fingerprint density at radius 1 is 1.29 bits per heavy atom. The van der Waals surface area contributed by atoms with Crippen LogP contribution in [-0.4, -0.2) is 13.6 Å². The highest BCUT2D eigenvalue weighted by molar-refractivity contribution is 9.10. The lowest BCUT2D eigenvalue weighted by molar-refractivity contribution is 0.392. The second-order valence-electron chi connectivity index (χ2n) is 4.33. The van der Waals surface area contributed by atoms with E-state index in [4.69, 9.17) is 27.7 Å². The highest BCUT2D eigenvalue weighted by Gasteiger charge is 2.23. The van der Waals surface area contributed by atoms with E-state index in [9.17, 15) is 8.42 Å². The zero-order valence-corrected chi connectivity index (χ0v) is 15.0. The van der Waals surface area contributed by atoms with E-state index in [2.05, 4.69) is 25.8 Å². The predicted octanol–water partition coefficient (Wildman–Crippen LogP) is 3.84. The van der Waals surface area contributed by atoms with Crippen LogP contribution in [0.4, 0.5) is 0 Å². The van der Waals surface area contributed by atoms with Crippen molar-refractivity contribution in [1.29, 1.82) is 0 Å². The number of hydrogen-bond acceptors (Lipinski definition) is 4. The highest BCUT2D eigenvalue weighted by atomic mass is 79.9. The fourth-order valence-electron chi connectivity index (χ4n) is 1.78. The molecule has 1 aromatic carbocycles. The van der Waals surface area contributed by atoms with Gasteiger partial charge in [0.15, 0.2) is 0 Å². The van der Waals surface area contributed by atoms with E-state index in [1.807, 2.05) is 0 Å². The molecule has 5 nitrogen and oxygen atoms in total. The van der Waals surface area contributed by atoms with Gasteiger partial charge in [0.2, 0.25) is 10.0 Å². The summed E-state index contributed by atoms with van der Waals surface area (Å²) in [5.74, 6) is 0.559. The number of hydrogen-bond donors (Lipinski definition) is 1. The van der Waals surface area contributed by atoms with Crippen molar-refractivity contribution in [3.63, 3.8) is 0 Å². The van der Waals surface area contributed by atoms with Crippen LogP contribution in [0.15, 0.2) is 26.0 Å². The van der Waals surface area contributed by atoms with Crippen LogP contribution in [0.5, 0.6) is 0 Å². The number of nitrogens with zero attached hydrogens (tertiary/aromatic N) is 1. The molecular weight excluding hydrogens is 403 g/mol. The molecule has 21 heavy (non-hydrogen) atoms. The van der Waals surface area contributed by atoms with E-state index in [0.717, 1.165) is 0 Å². The van der Waals surface area contributed by atoms with Crippen molar-refractivity contribution >= 4 is 49.2 Å². The maximum absolute atomic E-state index is 12.4. The van der Waals surface area contributed by atoms with Gasteiger partial charge in [0, 0.05) is 16.6 Å². The molecule has 0 aliphatic rings. The molecule has 0 saturated heterocycles. The van der Waals surface area contributed by atoms with Gasteiger partial charge in [-0.1, -0.05) is 44.3 Å². The Labute approximate surface area is 140 Å². The zero-order chi connectivity index (χ0) is 15.8. The second kappa shape index (κ2) is 6.26. The van der Waals surface area contributed by atoms with Crippen LogP contribution in [0.3, 0.4) is 0 Å². The summed E-state index contributed by atoms with van der Waals surface area (Å²) in [7, 11) is -3.85. The lowest BCUT2D eigenvalue weighted by atomic mass is 10.2. The van der Waals surface area contributed by atoms with Crippen LogP contribution < -0.4 is 4.72 Å². The molecule has 0 aliphatic heterocycles. The molecule has 2 rings (SSSR count). The molecule has 9 heteroatoms. The fourth-order valence-corrected chi connectivity index (χ4v) is 4.71. The largest absolute Gasteiger partial charge is 0.361 e. The maximum Gasteiger partial charge on any atom is 0.243 e. The monoisotopic (exact) mass is 412 g/mol. The SMILES string of the molecule is Cc1noc(C)c1CNS(=O)(=O)c1c(Cl)cc(Br)cc1Cl. The molecule has 0 spiro atoms. The highest BCUT2D eigenvalue weighted by Crippen LogP contribution is 2.32. The molecule has 2 aromatic rings. The van der Waals surface area contributed by atoms with Gasteiger partial charge in [-0.25, -0.2) is 13.1 Å². The van der Waals surface area contributed by atoms with Gasteiger partial charge in [-0.15, -0.1) is 0 Å². The van der Waals surface area contributed by atoms with Crippen molar-refractivity contribution in [3.8, 4) is 0 Å². The molecule has 1 aromatic heterocycles. The number of halogens is 3. The number of benzene rings is 1. The minimum absolute atomic E-state index is 0.0423. The van der Waals surface area contributed by atoms with Crippen LogP contribution in [0.1, 0.15) is 17.0 Å². The first-order chi connectivity index (χ1) is 9.72. The van der Waals surface area contributed by atoms with E-state index in [1.165, 1.54) is 12.1 Å². The Kier molecular flexibility index (Phi) is 4.99. The third-order valence-electron chi connectivity index (χ3n) is 2.85. The number of rotatable bonds is 4. The van der Waals surface area contributed by atoms with Gasteiger partial charge < -0.3 is 4.52 Å². The minimum Gasteiger partial charge on any atom is -0.361 e. The van der Waals surface area contributed by atoms with Gasteiger partial charge in [-0.2, -0.15) is 0 Å². The standard InChI is InChI=1S/C12H11BrCl2N2O3S/c1-6-9(7(2)20-17-6)5-16-21(18,19)12-10(14)3-8(13)4-11(12)15/h3-4,16H,5H2,1-2H3. The molecule has 0 fully saturated rings. The van der Waals surface area contributed by atoms with Gasteiger partial charge in [-0.3, -0.25) is 0 Å². The molecule has 114 valence electrons. The van der Waals surface area contributed by atoms with E-state index < -0.39 is 10.0 Å². The molecule has 1 heterocycles. The third-order valence-corrected chi connectivity index (χ3v) is 5.63. The van der Waals surface area contributed by atoms with Crippen molar-refractivity contribution in [2.75, 3.05) is 0 Å². The van der Waals surface area contributed by atoms with Crippen LogP contribution >= 0.6 is 39.1 Å². The fraction of sp³-hybridized carbons (Fsp3) is 0.250. The van der Waals surface area contributed by atoms with Crippen LogP contribution in [0.2, 0.25) is 10.0 Å². The first kappa shape index (κ1) is 16.8. The van der Waals surface area contributed by atoms with Crippen molar-refractivity contribution in [1.82, 2.24) is 9.88 Å². The van der Waals surface area contributed by atoms with E-state index in [1.54, 1.807) is 13.8 Å². The quantitative estimate of drug-likeness (QED) is 0.826. The van der Waals surface area contributed by atoms with Crippen LogP contribution in [-0.2, 0) is 16.6 Å². The summed E-state index contributed by atoms with van der Waals surface area (Å²) in [6, 6.07) is 2.94. The van der Waals surface area contributed by atoms with Gasteiger partial charge in [0.1, 0.15) is 10.7 Å². The predicted molar refractivity (Wildman–Crippen MR) is 84.2 cm³/mol. The topological polar surface area (TPSA) is 72.2 Å². The Morgan fingerprint density at radius 2 is 1.86 bits per heavy atom. The summed E-state index contributed by atoms with van der Waals surface area (Å²) in [6.07, 6.45) is 0. The molecule has 0 aliphatic carbocycles. The summed E-state index contributed by atoms with van der Waals surface area (Å²) >= 11 is 15.2. The lowest BCUT2D eigenvalue weighted by Gasteiger charge is -2.10. The molecule has 0 bridgehead atoms. The lowest BCUT2D eigenvalue weighted by Crippen LogP contribution is -2.24. The zero-order valence-electron chi connectivity index (χ0n) is 11.1. The Bertz CT molecular complexity index is 747. The third kappa shape index (κ3) is 3.60. The summed E-state index contributed by atoms with van der Waals surface area (Å²) in [4.78, 5) is -0.152. The van der Waals surface area contributed by atoms with Crippen LogP contribution in [0, 0.1) is 13.8 Å². The van der Waals surface area contributed by atoms with Crippen molar-refractivity contribution in [2.24, 2.45) is 0 Å². The smallest absolute Gasteiger partial charge is 0.243 e. The Morgan fingerprint density at radius 3 is 2.33 bits per heavy atom. The number of nitrogens with one attached hydrogen (secondary N) is 1. The van der Waals surface area contributed by atoms with Gasteiger partial charge in [-0.05, 0) is 26.0 Å². The molecule has 0 amide bonds. The minimum atomic E-state index is -3.85. The molecule has 0 atom stereocenters. The van der Waals surface area contributed by atoms with Crippen molar-refractivity contribution in [3.05, 3.63) is 43.7 Å².